The molecule has 0 aromatic heterocycles. The third-order valence-corrected chi connectivity index (χ3v) is 1.07. The highest BCUT2D eigenvalue weighted by Crippen LogP contribution is 1.93. The Morgan fingerprint density at radius 2 is 2.30 bits per heavy atom. The number of rotatable bonds is 3. The molecule has 0 fully saturated rings. The lowest BCUT2D eigenvalue weighted by Crippen LogP contribution is -2.00. The van der Waals surface area contributed by atoms with Gasteiger partial charge in [-0.3, -0.25) is 4.79 Å². The van der Waals surface area contributed by atoms with Gasteiger partial charge in [0.1, 0.15) is 0 Å². The highest BCUT2D eigenvalue weighted by atomic mass is 16.1. The van der Waals surface area contributed by atoms with Gasteiger partial charge in [-0.25, -0.2) is 0 Å². The topological polar surface area (TPSA) is 53.5 Å². The maximum absolute atomic E-state index is 10.8. The van der Waals surface area contributed by atoms with E-state index < -0.39 is 0 Å². The lowest BCUT2D eigenvalue weighted by Gasteiger charge is -1.86. The second-order valence-corrected chi connectivity index (χ2v) is 1.90. The van der Waals surface area contributed by atoms with Gasteiger partial charge in [0.05, 0.1) is 0 Å². The predicted octanol–water partition coefficient (Wildman–Crippen LogP) is 1.21. The van der Waals surface area contributed by atoms with Gasteiger partial charge in [-0.2, -0.15) is 4.79 Å². The first-order chi connectivity index (χ1) is 4.72. The number of ketones is 1. The fourth-order valence-corrected chi connectivity index (χ4v) is 0.561. The molecule has 0 saturated carbocycles. The van der Waals surface area contributed by atoms with E-state index in [9.17, 15) is 4.79 Å². The highest BCUT2D eigenvalue weighted by molar-refractivity contribution is 6.32. The fraction of sp³-hybridized carbons (Fsp3) is 0.429. The molecule has 10 heavy (non-hydrogen) atoms. The molecule has 0 aliphatic rings. The molecule has 0 aliphatic heterocycles. The number of hydrogen-bond acceptors (Lipinski definition) is 1. The van der Waals surface area contributed by atoms with Gasteiger partial charge in [0.15, 0.2) is 0 Å². The summed E-state index contributed by atoms with van der Waals surface area (Å²) in [7, 11) is 0. The van der Waals surface area contributed by atoms with Crippen LogP contribution in [-0.4, -0.2) is 16.8 Å². The van der Waals surface area contributed by atoms with Crippen LogP contribution in [0.4, 0.5) is 0 Å². The Kier molecular flexibility index (Phi) is 4.09. The Morgan fingerprint density at radius 1 is 1.70 bits per heavy atom. The van der Waals surface area contributed by atoms with Gasteiger partial charge in [-0.1, -0.05) is 13.0 Å². The molecule has 3 nitrogen and oxygen atoms in total. The molecular weight excluding hydrogens is 128 g/mol. The summed E-state index contributed by atoms with van der Waals surface area (Å²) in [6, 6.07) is 0. The first-order valence-corrected chi connectivity index (χ1v) is 3.11. The normalized spacial score (nSPS) is 10.4. The van der Waals surface area contributed by atoms with Crippen molar-refractivity contribution in [1.29, 1.82) is 0 Å². The number of carbonyl (C=O) groups is 1. The standard InChI is InChI=1S/C7H10N2O/c1-3-4-6(2)7(10)5-9-8/h4-5H,3H2,1-2H3/b6-4+. The Labute approximate surface area is 60.0 Å². The van der Waals surface area contributed by atoms with Crippen LogP contribution in [0.1, 0.15) is 20.3 Å². The Morgan fingerprint density at radius 3 is 2.70 bits per heavy atom. The van der Waals surface area contributed by atoms with Crippen molar-refractivity contribution in [2.75, 3.05) is 0 Å². The average molecular weight is 138 g/mol. The molecule has 0 atom stereocenters. The SMILES string of the molecule is CC/C=C(\C)C(=O)C=[N+]=[N-]. The second-order valence-electron chi connectivity index (χ2n) is 1.90. The summed E-state index contributed by atoms with van der Waals surface area (Å²) in [5.41, 5.74) is 8.59. The van der Waals surface area contributed by atoms with E-state index in [2.05, 4.69) is 4.79 Å². The fourth-order valence-electron chi connectivity index (χ4n) is 0.561. The quantitative estimate of drug-likeness (QED) is 0.250. The van der Waals surface area contributed by atoms with Crippen molar-refractivity contribution in [3.05, 3.63) is 17.2 Å². The minimum atomic E-state index is -0.246. The van der Waals surface area contributed by atoms with Crippen molar-refractivity contribution >= 4 is 12.0 Å². The summed E-state index contributed by atoms with van der Waals surface area (Å²) in [5.74, 6) is -0.246. The van der Waals surface area contributed by atoms with Crippen LogP contribution in [0.15, 0.2) is 11.6 Å². The summed E-state index contributed by atoms with van der Waals surface area (Å²) in [5, 5.41) is 0. The Bertz CT molecular complexity index is 200. The van der Waals surface area contributed by atoms with E-state index in [1.165, 1.54) is 0 Å². The van der Waals surface area contributed by atoms with Gasteiger partial charge < -0.3 is 5.53 Å². The number of nitrogens with zero attached hydrogens (tertiary/aromatic N) is 2. The number of allylic oxidation sites excluding steroid dienone is 2. The predicted molar refractivity (Wildman–Crippen MR) is 38.7 cm³/mol. The minimum Gasteiger partial charge on any atom is -0.361 e. The molecule has 0 radical (unpaired) electrons. The highest BCUT2D eigenvalue weighted by Gasteiger charge is 2.02. The third kappa shape index (κ3) is 2.95. The maximum Gasteiger partial charge on any atom is 0.327 e. The van der Waals surface area contributed by atoms with E-state index in [1.54, 1.807) is 13.0 Å². The summed E-state index contributed by atoms with van der Waals surface area (Å²) in [6.45, 7) is 3.63. The van der Waals surface area contributed by atoms with Crippen LogP contribution in [0, 0.1) is 0 Å². The van der Waals surface area contributed by atoms with Crippen molar-refractivity contribution in [2.45, 2.75) is 20.3 Å². The summed E-state index contributed by atoms with van der Waals surface area (Å²) in [4.78, 5) is 13.4. The van der Waals surface area contributed by atoms with Gasteiger partial charge in [0, 0.05) is 0 Å². The number of Topliss-reactive ketones (excluding diaryl/α,β-unsaturated/α-hetero) is 1. The van der Waals surface area contributed by atoms with Gasteiger partial charge in [-0.15, -0.1) is 0 Å². The number of carbonyl (C=O) groups excluding carboxylic acids is 1. The number of hydrogen-bond donors (Lipinski definition) is 0. The summed E-state index contributed by atoms with van der Waals surface area (Å²) in [6.07, 6.45) is 3.49. The zero-order valence-electron chi connectivity index (χ0n) is 6.16. The van der Waals surface area contributed by atoms with Gasteiger partial charge >= 0.3 is 6.21 Å². The molecule has 0 saturated heterocycles. The molecule has 0 unspecified atom stereocenters. The van der Waals surface area contributed by atoms with Crippen LogP contribution in [0.2, 0.25) is 0 Å². The molecule has 0 N–H and O–H groups in total. The molecule has 0 bridgehead atoms. The van der Waals surface area contributed by atoms with Crippen LogP contribution in [0.5, 0.6) is 0 Å². The molecule has 0 aliphatic carbocycles. The second kappa shape index (κ2) is 4.65. The van der Waals surface area contributed by atoms with Crippen molar-refractivity contribution in [3.63, 3.8) is 0 Å². The third-order valence-electron chi connectivity index (χ3n) is 1.07. The summed E-state index contributed by atoms with van der Waals surface area (Å²) < 4.78 is 0. The zero-order valence-corrected chi connectivity index (χ0v) is 6.16. The molecule has 54 valence electrons. The van der Waals surface area contributed by atoms with Crippen molar-refractivity contribution in [3.8, 4) is 0 Å². The average Bonchev–Trinajstić information content (AvgIpc) is 1.89. The van der Waals surface area contributed by atoms with Gasteiger partial charge in [0.2, 0.25) is 0 Å². The lowest BCUT2D eigenvalue weighted by molar-refractivity contribution is -0.112. The Hall–Kier alpha value is -1.21. The van der Waals surface area contributed by atoms with E-state index in [0.717, 1.165) is 12.6 Å². The van der Waals surface area contributed by atoms with Crippen LogP contribution >= 0.6 is 0 Å². The van der Waals surface area contributed by atoms with Crippen LogP contribution < -0.4 is 0 Å². The Balaban J connectivity index is 4.21. The summed E-state index contributed by atoms with van der Waals surface area (Å²) >= 11 is 0. The molecule has 0 amide bonds. The van der Waals surface area contributed by atoms with Crippen LogP contribution in [0.3, 0.4) is 0 Å². The van der Waals surface area contributed by atoms with Gasteiger partial charge in [0.25, 0.3) is 5.78 Å². The first-order valence-electron chi connectivity index (χ1n) is 3.11. The minimum absolute atomic E-state index is 0.246. The van der Waals surface area contributed by atoms with E-state index in [-0.39, 0.29) is 5.78 Å². The molecule has 0 heterocycles. The smallest absolute Gasteiger partial charge is 0.327 e. The molecule has 0 aromatic rings. The monoisotopic (exact) mass is 138 g/mol. The van der Waals surface area contributed by atoms with E-state index in [1.807, 2.05) is 6.92 Å². The molecule has 0 aromatic carbocycles. The molecule has 0 spiro atoms. The van der Waals surface area contributed by atoms with Crippen molar-refractivity contribution in [2.24, 2.45) is 0 Å². The zero-order chi connectivity index (χ0) is 7.98. The van der Waals surface area contributed by atoms with Crippen molar-refractivity contribution < 1.29 is 9.58 Å². The lowest BCUT2D eigenvalue weighted by atomic mass is 10.2. The molecule has 3 heteroatoms. The van der Waals surface area contributed by atoms with Crippen molar-refractivity contribution in [1.82, 2.24) is 0 Å². The maximum atomic E-state index is 10.8. The van der Waals surface area contributed by atoms with E-state index in [0.29, 0.717) is 5.57 Å². The largest absolute Gasteiger partial charge is 0.361 e. The van der Waals surface area contributed by atoms with Gasteiger partial charge in [-0.05, 0) is 18.9 Å². The van der Waals surface area contributed by atoms with E-state index >= 15 is 0 Å². The van der Waals surface area contributed by atoms with Crippen LogP contribution in [0.25, 0.3) is 5.53 Å². The first kappa shape index (κ1) is 8.79. The molecule has 0 rings (SSSR count). The molecular formula is C7H10N2O. The van der Waals surface area contributed by atoms with Crippen LogP contribution in [-0.2, 0) is 4.79 Å². The van der Waals surface area contributed by atoms with E-state index in [4.69, 9.17) is 5.53 Å².